The zero-order chi connectivity index (χ0) is 21.6. The molecule has 1 saturated heterocycles. The van der Waals surface area contributed by atoms with E-state index in [-0.39, 0.29) is 11.8 Å². The summed E-state index contributed by atoms with van der Waals surface area (Å²) < 4.78 is 13.1. The predicted octanol–water partition coefficient (Wildman–Crippen LogP) is 2.92. The van der Waals surface area contributed by atoms with Crippen molar-refractivity contribution in [2.24, 2.45) is 0 Å². The first-order chi connectivity index (χ1) is 15.1. The van der Waals surface area contributed by atoms with E-state index in [4.69, 9.17) is 11.0 Å². The van der Waals surface area contributed by atoms with E-state index < -0.39 is 0 Å². The molecule has 31 heavy (non-hydrogen) atoms. The summed E-state index contributed by atoms with van der Waals surface area (Å²) in [7, 11) is 0. The van der Waals surface area contributed by atoms with Gasteiger partial charge in [0.05, 0.1) is 18.2 Å². The van der Waals surface area contributed by atoms with Crippen molar-refractivity contribution in [1.82, 2.24) is 19.9 Å². The van der Waals surface area contributed by atoms with Crippen molar-refractivity contribution in [3.63, 3.8) is 0 Å². The normalized spacial score (nSPS) is 14.6. The Kier molecular flexibility index (Phi) is 6.19. The highest BCUT2D eigenvalue weighted by atomic mass is 19.1. The molecule has 0 radical (unpaired) electrons. The molecule has 4 rings (SSSR count). The molecule has 0 aliphatic carbocycles. The van der Waals surface area contributed by atoms with E-state index in [1.165, 1.54) is 12.1 Å². The number of nitrogen functional groups attached to an aromatic ring is 1. The maximum Gasteiger partial charge on any atom is 0.232 e. The molecule has 9 heteroatoms. The summed E-state index contributed by atoms with van der Waals surface area (Å²) in [4.78, 5) is 17.5. The minimum Gasteiger partial charge on any atom is -0.370 e. The van der Waals surface area contributed by atoms with E-state index in [1.807, 2.05) is 24.3 Å². The number of benzene rings is 2. The Morgan fingerprint density at radius 1 is 0.968 bits per heavy atom. The van der Waals surface area contributed by atoms with Gasteiger partial charge in [-0.1, -0.05) is 0 Å². The lowest BCUT2D eigenvalue weighted by molar-refractivity contribution is 0.278. The monoisotopic (exact) mass is 418 g/mol. The van der Waals surface area contributed by atoms with E-state index in [0.717, 1.165) is 38.3 Å². The van der Waals surface area contributed by atoms with Crippen molar-refractivity contribution < 1.29 is 4.39 Å². The molecule has 1 aliphatic rings. The van der Waals surface area contributed by atoms with Crippen LogP contribution in [0, 0.1) is 17.1 Å². The van der Waals surface area contributed by atoms with Crippen molar-refractivity contribution >= 4 is 23.3 Å². The van der Waals surface area contributed by atoms with E-state index in [1.54, 1.807) is 12.1 Å². The average Bonchev–Trinajstić information content (AvgIpc) is 3.01. The van der Waals surface area contributed by atoms with Gasteiger partial charge in [-0.3, -0.25) is 4.90 Å². The maximum atomic E-state index is 13.1. The lowest BCUT2D eigenvalue weighted by Crippen LogP contribution is -2.31. The first kappa shape index (κ1) is 20.5. The van der Waals surface area contributed by atoms with Crippen LogP contribution in [0.3, 0.4) is 0 Å². The first-order valence-corrected chi connectivity index (χ1v) is 10.1. The van der Waals surface area contributed by atoms with Gasteiger partial charge in [0, 0.05) is 37.6 Å². The largest absolute Gasteiger partial charge is 0.370 e. The number of rotatable bonds is 5. The average molecular weight is 418 g/mol. The smallest absolute Gasteiger partial charge is 0.232 e. The summed E-state index contributed by atoms with van der Waals surface area (Å²) in [5.41, 5.74) is 8.34. The molecule has 8 nitrogen and oxygen atoms in total. The molecule has 0 amide bonds. The molecular weight excluding hydrogens is 395 g/mol. The van der Waals surface area contributed by atoms with Gasteiger partial charge in [-0.25, -0.2) is 4.39 Å². The van der Waals surface area contributed by atoms with Crippen LogP contribution in [0.1, 0.15) is 17.8 Å². The Morgan fingerprint density at radius 2 is 1.74 bits per heavy atom. The molecule has 2 aromatic carbocycles. The Bertz CT molecular complexity index is 1060. The summed E-state index contributed by atoms with van der Waals surface area (Å²) in [5.74, 6) is 0.758. The standard InChI is InChI=1S/C22H23FN8/c23-17-4-6-18(7-5-17)26-22-28-20(27-21(25)29-22)15-30-10-1-11-31(13-12-30)19-8-2-16(14-24)3-9-19/h2-9H,1,10-13,15H2,(H3,25,26,27,28,29). The third kappa shape index (κ3) is 5.43. The summed E-state index contributed by atoms with van der Waals surface area (Å²) in [6, 6.07) is 15.8. The van der Waals surface area contributed by atoms with E-state index >= 15 is 0 Å². The van der Waals surface area contributed by atoms with Crippen LogP contribution in [-0.4, -0.2) is 46.0 Å². The zero-order valence-electron chi connectivity index (χ0n) is 17.0. The number of anilines is 4. The molecule has 0 atom stereocenters. The van der Waals surface area contributed by atoms with Crippen LogP contribution in [0.2, 0.25) is 0 Å². The molecule has 0 unspecified atom stereocenters. The number of halogens is 1. The molecular formula is C22H23FN8. The van der Waals surface area contributed by atoms with E-state index in [2.05, 4.69) is 36.1 Å². The van der Waals surface area contributed by atoms with Gasteiger partial charge in [-0.15, -0.1) is 0 Å². The summed E-state index contributed by atoms with van der Waals surface area (Å²) in [6.45, 7) is 4.14. The number of nitrogens with one attached hydrogen (secondary N) is 1. The number of hydrogen-bond donors (Lipinski definition) is 2. The fraction of sp³-hybridized carbons (Fsp3) is 0.273. The molecule has 0 saturated carbocycles. The quantitative estimate of drug-likeness (QED) is 0.651. The Morgan fingerprint density at radius 3 is 2.48 bits per heavy atom. The summed E-state index contributed by atoms with van der Waals surface area (Å²) >= 11 is 0. The zero-order valence-corrected chi connectivity index (χ0v) is 17.0. The molecule has 0 spiro atoms. The van der Waals surface area contributed by atoms with Gasteiger partial charge in [0.2, 0.25) is 11.9 Å². The van der Waals surface area contributed by atoms with Gasteiger partial charge in [0.1, 0.15) is 11.6 Å². The highest BCUT2D eigenvalue weighted by Crippen LogP contribution is 2.19. The second-order valence-electron chi connectivity index (χ2n) is 7.34. The molecule has 3 aromatic rings. The van der Waals surface area contributed by atoms with Crippen molar-refractivity contribution in [1.29, 1.82) is 5.26 Å². The lowest BCUT2D eigenvalue weighted by atomic mass is 10.2. The van der Waals surface area contributed by atoms with Gasteiger partial charge >= 0.3 is 0 Å². The number of aromatic nitrogens is 3. The van der Waals surface area contributed by atoms with Crippen LogP contribution in [0.5, 0.6) is 0 Å². The molecule has 1 aromatic heterocycles. The van der Waals surface area contributed by atoms with Crippen LogP contribution in [0.25, 0.3) is 0 Å². The minimum absolute atomic E-state index is 0.142. The van der Waals surface area contributed by atoms with Gasteiger partial charge in [-0.2, -0.15) is 20.2 Å². The van der Waals surface area contributed by atoms with E-state index in [0.29, 0.717) is 29.6 Å². The predicted molar refractivity (Wildman–Crippen MR) is 117 cm³/mol. The molecule has 0 bridgehead atoms. The minimum atomic E-state index is -0.308. The SMILES string of the molecule is N#Cc1ccc(N2CCCN(Cc3nc(N)nc(Nc4ccc(F)cc4)n3)CC2)cc1. The molecule has 2 heterocycles. The maximum absolute atomic E-state index is 13.1. The van der Waals surface area contributed by atoms with Gasteiger partial charge in [0.25, 0.3) is 0 Å². The van der Waals surface area contributed by atoms with Gasteiger partial charge in [0.15, 0.2) is 0 Å². The van der Waals surface area contributed by atoms with Crippen molar-refractivity contribution in [2.75, 3.05) is 42.1 Å². The Labute approximate surface area is 180 Å². The molecule has 1 fully saturated rings. The molecule has 1 aliphatic heterocycles. The van der Waals surface area contributed by atoms with Crippen LogP contribution < -0.4 is 16.0 Å². The van der Waals surface area contributed by atoms with E-state index in [9.17, 15) is 4.39 Å². The number of nitriles is 1. The highest BCUT2D eigenvalue weighted by molar-refractivity contribution is 5.53. The van der Waals surface area contributed by atoms with Gasteiger partial charge in [-0.05, 0) is 55.0 Å². The Hall–Kier alpha value is -3.77. The summed E-state index contributed by atoms with van der Waals surface area (Å²) in [6.07, 6.45) is 1.00. The fourth-order valence-electron chi connectivity index (χ4n) is 3.56. The van der Waals surface area contributed by atoms with Crippen molar-refractivity contribution in [3.8, 4) is 6.07 Å². The molecule has 3 N–H and O–H groups in total. The highest BCUT2D eigenvalue weighted by Gasteiger charge is 2.17. The summed E-state index contributed by atoms with van der Waals surface area (Å²) in [5, 5.41) is 12.0. The fourth-order valence-corrected chi connectivity index (χ4v) is 3.56. The molecule has 158 valence electrons. The number of nitrogens with two attached hydrogens (primary N) is 1. The lowest BCUT2D eigenvalue weighted by Gasteiger charge is -2.23. The Balaban J connectivity index is 1.40. The second kappa shape index (κ2) is 9.36. The van der Waals surface area contributed by atoms with Crippen molar-refractivity contribution in [3.05, 3.63) is 65.7 Å². The number of hydrogen-bond acceptors (Lipinski definition) is 8. The number of nitrogens with zero attached hydrogens (tertiary/aromatic N) is 6. The third-order valence-electron chi connectivity index (χ3n) is 5.11. The first-order valence-electron chi connectivity index (χ1n) is 10.1. The third-order valence-corrected chi connectivity index (χ3v) is 5.11. The van der Waals surface area contributed by atoms with Crippen LogP contribution in [-0.2, 0) is 6.54 Å². The second-order valence-corrected chi connectivity index (χ2v) is 7.34. The van der Waals surface area contributed by atoms with Gasteiger partial charge < -0.3 is 16.0 Å². The van der Waals surface area contributed by atoms with Crippen LogP contribution in [0.4, 0.5) is 27.7 Å². The van der Waals surface area contributed by atoms with Crippen molar-refractivity contribution in [2.45, 2.75) is 13.0 Å². The topological polar surface area (TPSA) is 107 Å². The van der Waals surface area contributed by atoms with Crippen LogP contribution >= 0.6 is 0 Å². The van der Waals surface area contributed by atoms with Crippen LogP contribution in [0.15, 0.2) is 48.5 Å².